The molecule has 0 radical (unpaired) electrons. The number of para-hydroxylation sites is 1. The number of pyridine rings is 1. The first-order chi connectivity index (χ1) is 13.1. The number of carbonyl (C=O) groups is 2. The first-order valence-corrected chi connectivity index (χ1v) is 8.11. The molecule has 0 bridgehead atoms. The van der Waals surface area contributed by atoms with Gasteiger partial charge in [0.15, 0.2) is 0 Å². The Labute approximate surface area is 155 Å². The van der Waals surface area contributed by atoms with Crippen molar-refractivity contribution >= 4 is 23.6 Å². The lowest BCUT2D eigenvalue weighted by molar-refractivity contribution is -0.111. The fourth-order valence-electron chi connectivity index (χ4n) is 2.32. The average Bonchev–Trinajstić information content (AvgIpc) is 2.68. The van der Waals surface area contributed by atoms with Crippen LogP contribution in [0.3, 0.4) is 0 Å². The van der Waals surface area contributed by atoms with Gasteiger partial charge in [-0.25, -0.2) is 4.79 Å². The molecule has 1 amide bonds. The largest absolute Gasteiger partial charge is 0.478 e. The van der Waals surface area contributed by atoms with E-state index in [1.807, 2.05) is 18.2 Å². The maximum atomic E-state index is 12.2. The molecule has 0 atom stereocenters. The second-order valence-electron chi connectivity index (χ2n) is 5.53. The number of hydrogen-bond acceptors (Lipinski definition) is 4. The second-order valence-corrected chi connectivity index (χ2v) is 5.53. The van der Waals surface area contributed by atoms with Crippen LogP contribution in [0.2, 0.25) is 0 Å². The van der Waals surface area contributed by atoms with Gasteiger partial charge in [0.2, 0.25) is 5.91 Å². The van der Waals surface area contributed by atoms with Crippen LogP contribution in [0, 0.1) is 0 Å². The van der Waals surface area contributed by atoms with Crippen molar-refractivity contribution in [2.45, 2.75) is 0 Å². The molecule has 2 aromatic carbocycles. The van der Waals surface area contributed by atoms with E-state index in [-0.39, 0.29) is 11.3 Å². The first kappa shape index (κ1) is 17.9. The smallest absolute Gasteiger partial charge is 0.337 e. The zero-order valence-corrected chi connectivity index (χ0v) is 14.2. The van der Waals surface area contributed by atoms with Crippen molar-refractivity contribution in [1.82, 2.24) is 4.98 Å². The molecule has 0 fully saturated rings. The van der Waals surface area contributed by atoms with Crippen LogP contribution in [-0.4, -0.2) is 22.0 Å². The zero-order valence-electron chi connectivity index (χ0n) is 14.2. The number of aromatic carboxylic acids is 1. The normalized spacial score (nSPS) is 10.5. The second kappa shape index (κ2) is 8.44. The van der Waals surface area contributed by atoms with Gasteiger partial charge in [-0.05, 0) is 48.0 Å². The summed E-state index contributed by atoms with van der Waals surface area (Å²) in [6.45, 7) is 0. The number of aromatic nitrogens is 1. The molecule has 0 saturated carbocycles. The Morgan fingerprint density at radius 3 is 2.41 bits per heavy atom. The third-order valence-corrected chi connectivity index (χ3v) is 3.59. The highest BCUT2D eigenvalue weighted by Crippen LogP contribution is 2.27. The summed E-state index contributed by atoms with van der Waals surface area (Å²) in [7, 11) is 0. The predicted molar refractivity (Wildman–Crippen MR) is 102 cm³/mol. The monoisotopic (exact) mass is 360 g/mol. The van der Waals surface area contributed by atoms with Gasteiger partial charge in [-0.1, -0.05) is 18.2 Å². The van der Waals surface area contributed by atoms with E-state index in [4.69, 9.17) is 4.74 Å². The van der Waals surface area contributed by atoms with Crippen LogP contribution in [0.4, 0.5) is 5.69 Å². The SMILES string of the molecule is O=C(/C=C/c1ccncc1)Nc1cc(Oc2ccccc2)ccc1C(=O)O. The van der Waals surface area contributed by atoms with Gasteiger partial charge in [0.05, 0.1) is 11.3 Å². The molecule has 2 N–H and O–H groups in total. The van der Waals surface area contributed by atoms with Crippen LogP contribution in [-0.2, 0) is 4.79 Å². The van der Waals surface area contributed by atoms with Crippen LogP contribution < -0.4 is 10.1 Å². The summed E-state index contributed by atoms with van der Waals surface area (Å²) in [6, 6.07) is 17.0. The summed E-state index contributed by atoms with van der Waals surface area (Å²) >= 11 is 0. The van der Waals surface area contributed by atoms with E-state index >= 15 is 0 Å². The molecule has 3 rings (SSSR count). The number of amides is 1. The van der Waals surface area contributed by atoms with E-state index in [0.29, 0.717) is 11.5 Å². The Morgan fingerprint density at radius 2 is 1.70 bits per heavy atom. The van der Waals surface area contributed by atoms with Crippen molar-refractivity contribution in [3.05, 3.63) is 90.3 Å². The molecule has 134 valence electrons. The minimum absolute atomic E-state index is 0.0268. The number of rotatable bonds is 6. The number of carboxylic acid groups (broad SMARTS) is 1. The summed E-state index contributed by atoms with van der Waals surface area (Å²) in [5.74, 6) is -0.573. The molecule has 0 aliphatic carbocycles. The van der Waals surface area contributed by atoms with Crippen molar-refractivity contribution < 1.29 is 19.4 Å². The van der Waals surface area contributed by atoms with E-state index in [9.17, 15) is 14.7 Å². The number of ether oxygens (including phenoxy) is 1. The van der Waals surface area contributed by atoms with Gasteiger partial charge < -0.3 is 15.2 Å². The number of benzene rings is 2. The summed E-state index contributed by atoms with van der Waals surface area (Å²) in [5.41, 5.74) is 0.932. The van der Waals surface area contributed by atoms with Gasteiger partial charge in [-0.3, -0.25) is 9.78 Å². The molecule has 0 unspecified atom stereocenters. The van der Waals surface area contributed by atoms with E-state index in [2.05, 4.69) is 10.3 Å². The number of nitrogens with one attached hydrogen (secondary N) is 1. The molecule has 6 nitrogen and oxygen atoms in total. The van der Waals surface area contributed by atoms with Gasteiger partial charge in [0.1, 0.15) is 11.5 Å². The quantitative estimate of drug-likeness (QED) is 0.643. The highest BCUT2D eigenvalue weighted by Gasteiger charge is 2.13. The number of anilines is 1. The van der Waals surface area contributed by atoms with Gasteiger partial charge >= 0.3 is 5.97 Å². The molecule has 0 spiro atoms. The Balaban J connectivity index is 1.79. The third kappa shape index (κ3) is 5.02. The maximum absolute atomic E-state index is 12.2. The van der Waals surface area contributed by atoms with Crippen molar-refractivity contribution in [3.63, 3.8) is 0 Å². The number of hydrogen-bond donors (Lipinski definition) is 2. The highest BCUT2D eigenvalue weighted by atomic mass is 16.5. The molecule has 1 aromatic heterocycles. The van der Waals surface area contributed by atoms with Crippen LogP contribution in [0.15, 0.2) is 79.1 Å². The van der Waals surface area contributed by atoms with E-state index in [1.165, 1.54) is 18.2 Å². The number of nitrogens with zero attached hydrogens (tertiary/aromatic N) is 1. The van der Waals surface area contributed by atoms with Gasteiger partial charge in [0, 0.05) is 24.5 Å². The zero-order chi connectivity index (χ0) is 19.1. The van der Waals surface area contributed by atoms with E-state index in [1.54, 1.807) is 48.8 Å². The fraction of sp³-hybridized carbons (Fsp3) is 0. The van der Waals surface area contributed by atoms with E-state index in [0.717, 1.165) is 5.56 Å². The van der Waals surface area contributed by atoms with Crippen LogP contribution in [0.25, 0.3) is 6.08 Å². The minimum atomic E-state index is -1.14. The lowest BCUT2D eigenvalue weighted by Crippen LogP contribution is -2.12. The molecular formula is C21H16N2O4. The molecule has 6 heteroatoms. The Hall–Kier alpha value is -3.93. The standard InChI is InChI=1S/C21H16N2O4/c24-20(9-6-15-10-12-22-13-11-15)23-19-14-17(7-8-18(19)21(25)26)27-16-4-2-1-3-5-16/h1-14H,(H,23,24)(H,25,26)/b9-6+. The Kier molecular flexibility index (Phi) is 5.59. The minimum Gasteiger partial charge on any atom is -0.478 e. The lowest BCUT2D eigenvalue weighted by Gasteiger charge is -2.11. The lowest BCUT2D eigenvalue weighted by atomic mass is 10.1. The fourth-order valence-corrected chi connectivity index (χ4v) is 2.32. The van der Waals surface area contributed by atoms with Crippen molar-refractivity contribution in [3.8, 4) is 11.5 Å². The predicted octanol–water partition coefficient (Wildman–Crippen LogP) is 4.22. The third-order valence-electron chi connectivity index (χ3n) is 3.59. The van der Waals surface area contributed by atoms with E-state index < -0.39 is 11.9 Å². The van der Waals surface area contributed by atoms with Gasteiger partial charge in [-0.2, -0.15) is 0 Å². The topological polar surface area (TPSA) is 88.5 Å². The molecule has 0 saturated heterocycles. The highest BCUT2D eigenvalue weighted by molar-refractivity contribution is 6.06. The molecule has 1 heterocycles. The molecule has 3 aromatic rings. The summed E-state index contributed by atoms with van der Waals surface area (Å²) < 4.78 is 5.70. The number of carbonyl (C=O) groups excluding carboxylic acids is 1. The molecule has 27 heavy (non-hydrogen) atoms. The van der Waals surface area contributed by atoms with Crippen LogP contribution >= 0.6 is 0 Å². The Bertz CT molecular complexity index is 970. The Morgan fingerprint density at radius 1 is 0.963 bits per heavy atom. The van der Waals surface area contributed by atoms with Crippen molar-refractivity contribution in [1.29, 1.82) is 0 Å². The van der Waals surface area contributed by atoms with Crippen molar-refractivity contribution in [2.24, 2.45) is 0 Å². The van der Waals surface area contributed by atoms with Crippen LogP contribution in [0.1, 0.15) is 15.9 Å². The molecule has 0 aliphatic rings. The van der Waals surface area contributed by atoms with Gasteiger partial charge in [-0.15, -0.1) is 0 Å². The van der Waals surface area contributed by atoms with Gasteiger partial charge in [0.25, 0.3) is 0 Å². The number of carboxylic acids is 1. The first-order valence-electron chi connectivity index (χ1n) is 8.11. The molecule has 0 aliphatic heterocycles. The summed E-state index contributed by atoms with van der Waals surface area (Å²) in [4.78, 5) is 27.5. The van der Waals surface area contributed by atoms with Crippen molar-refractivity contribution in [2.75, 3.05) is 5.32 Å². The summed E-state index contributed by atoms with van der Waals surface area (Å²) in [6.07, 6.45) is 6.17. The van der Waals surface area contributed by atoms with Crippen LogP contribution in [0.5, 0.6) is 11.5 Å². The molecular weight excluding hydrogens is 344 g/mol. The summed E-state index contributed by atoms with van der Waals surface area (Å²) in [5, 5.41) is 11.9. The maximum Gasteiger partial charge on any atom is 0.337 e. The average molecular weight is 360 g/mol.